The van der Waals surface area contributed by atoms with Crippen molar-refractivity contribution in [1.29, 1.82) is 0 Å². The molecule has 1 rings (SSSR count). The van der Waals surface area contributed by atoms with Gasteiger partial charge in [-0.05, 0) is 54.4 Å². The molecular formula is C19H40N4O3S. The zero-order valence-electron chi connectivity index (χ0n) is 18.0. The number of aliphatic imine (C=N–C) groups is 1. The molecule has 0 aromatic carbocycles. The summed E-state index contributed by atoms with van der Waals surface area (Å²) in [5.41, 5.74) is 0. The second-order valence-electron chi connectivity index (χ2n) is 8.37. The topological polar surface area (TPSA) is 83.0 Å². The molecule has 7 nitrogen and oxygen atoms in total. The van der Waals surface area contributed by atoms with Crippen molar-refractivity contribution in [1.82, 2.24) is 15.5 Å². The van der Waals surface area contributed by atoms with E-state index < -0.39 is 14.6 Å². The Balaban J connectivity index is 2.44. The highest BCUT2D eigenvalue weighted by molar-refractivity contribution is 7.92. The Kier molecular flexibility index (Phi) is 10.0. The second kappa shape index (κ2) is 11.2. The molecule has 1 aliphatic heterocycles. The first-order valence-corrected chi connectivity index (χ1v) is 11.8. The van der Waals surface area contributed by atoms with Gasteiger partial charge >= 0.3 is 0 Å². The van der Waals surface area contributed by atoms with Gasteiger partial charge < -0.3 is 20.3 Å². The molecule has 0 bridgehead atoms. The third-order valence-electron chi connectivity index (χ3n) is 4.69. The number of likely N-dealkylation sites (tertiary alicyclic amines) is 1. The average Bonchev–Trinajstić information content (AvgIpc) is 2.55. The summed E-state index contributed by atoms with van der Waals surface area (Å²) in [5, 5.41) is 6.69. The molecule has 0 atom stereocenters. The normalized spacial score (nSPS) is 18.1. The van der Waals surface area contributed by atoms with E-state index in [1.165, 1.54) is 0 Å². The molecule has 0 aromatic rings. The maximum absolute atomic E-state index is 12.2. The van der Waals surface area contributed by atoms with Crippen LogP contribution in [-0.2, 0) is 14.6 Å². The third-order valence-corrected chi connectivity index (χ3v) is 7.28. The minimum atomic E-state index is -3.14. The zero-order valence-corrected chi connectivity index (χ0v) is 18.9. The first kappa shape index (κ1) is 24.2. The molecule has 0 amide bonds. The van der Waals surface area contributed by atoms with Crippen molar-refractivity contribution in [3.63, 3.8) is 0 Å². The minimum absolute atomic E-state index is 0.0708. The van der Waals surface area contributed by atoms with Crippen LogP contribution in [0.25, 0.3) is 0 Å². The third kappa shape index (κ3) is 9.25. The van der Waals surface area contributed by atoms with Gasteiger partial charge in [0.2, 0.25) is 0 Å². The highest BCUT2D eigenvalue weighted by Gasteiger charge is 2.28. The number of hydrogen-bond donors (Lipinski definition) is 2. The molecule has 1 heterocycles. The van der Waals surface area contributed by atoms with Crippen molar-refractivity contribution in [2.45, 2.75) is 71.3 Å². The summed E-state index contributed by atoms with van der Waals surface area (Å²) in [6, 6.07) is 0.365. The SMILES string of the molecule is CCNC(=NCCS(=O)(=O)C(C)(C)C)NC1CCN(CCOC(C)C)CC1. The molecule has 2 N–H and O–H groups in total. The molecular weight excluding hydrogens is 364 g/mol. The molecule has 0 radical (unpaired) electrons. The van der Waals surface area contributed by atoms with E-state index in [-0.39, 0.29) is 18.4 Å². The molecule has 0 spiro atoms. The number of nitrogens with one attached hydrogen (secondary N) is 2. The Labute approximate surface area is 166 Å². The Morgan fingerprint density at radius 1 is 1.26 bits per heavy atom. The number of rotatable bonds is 9. The summed E-state index contributed by atoms with van der Waals surface area (Å²) >= 11 is 0. The van der Waals surface area contributed by atoms with Crippen LogP contribution in [0.4, 0.5) is 0 Å². The molecule has 1 fully saturated rings. The standard InChI is InChI=1S/C19H40N4O3S/c1-7-20-18(21-10-15-27(24,25)19(4,5)6)22-17-8-11-23(12-9-17)13-14-26-16(2)3/h16-17H,7-15H2,1-6H3,(H2,20,21,22). The van der Waals surface area contributed by atoms with E-state index in [1.807, 2.05) is 6.92 Å². The van der Waals surface area contributed by atoms with E-state index in [0.717, 1.165) is 45.6 Å². The first-order chi connectivity index (χ1) is 12.5. The van der Waals surface area contributed by atoms with Crippen LogP contribution in [0.2, 0.25) is 0 Å². The second-order valence-corrected chi connectivity index (χ2v) is 11.2. The maximum Gasteiger partial charge on any atom is 0.191 e. The summed E-state index contributed by atoms with van der Waals surface area (Å²) in [6.45, 7) is 16.2. The lowest BCUT2D eigenvalue weighted by Crippen LogP contribution is -2.49. The molecule has 0 saturated carbocycles. The van der Waals surface area contributed by atoms with Gasteiger partial charge in [-0.25, -0.2) is 8.42 Å². The van der Waals surface area contributed by atoms with Crippen LogP contribution in [0, 0.1) is 0 Å². The van der Waals surface area contributed by atoms with E-state index in [4.69, 9.17) is 4.74 Å². The first-order valence-electron chi connectivity index (χ1n) is 10.2. The van der Waals surface area contributed by atoms with E-state index in [9.17, 15) is 8.42 Å². The summed E-state index contributed by atoms with van der Waals surface area (Å²) in [7, 11) is -3.14. The van der Waals surface area contributed by atoms with Crippen LogP contribution in [0.3, 0.4) is 0 Å². The van der Waals surface area contributed by atoms with Gasteiger partial charge in [-0.3, -0.25) is 4.99 Å². The largest absolute Gasteiger partial charge is 0.377 e. The molecule has 0 unspecified atom stereocenters. The number of hydrogen-bond acceptors (Lipinski definition) is 5. The summed E-state index contributed by atoms with van der Waals surface area (Å²) < 4.78 is 29.3. The Morgan fingerprint density at radius 3 is 2.41 bits per heavy atom. The predicted octanol–water partition coefficient (Wildman–Crippen LogP) is 1.64. The summed E-state index contributed by atoms with van der Waals surface area (Å²) in [5.74, 6) is 0.782. The fourth-order valence-corrected chi connectivity index (χ4v) is 3.76. The van der Waals surface area contributed by atoms with Gasteiger partial charge in [-0.2, -0.15) is 0 Å². The van der Waals surface area contributed by atoms with Crippen molar-refractivity contribution in [2.24, 2.45) is 4.99 Å². The van der Waals surface area contributed by atoms with Gasteiger partial charge in [0.1, 0.15) is 0 Å². The Bertz CT molecular complexity index is 548. The zero-order chi connectivity index (χ0) is 20.5. The van der Waals surface area contributed by atoms with Crippen molar-refractivity contribution in [3.8, 4) is 0 Å². The van der Waals surface area contributed by atoms with Gasteiger partial charge in [0, 0.05) is 32.2 Å². The van der Waals surface area contributed by atoms with Gasteiger partial charge in [-0.1, -0.05) is 0 Å². The van der Waals surface area contributed by atoms with Gasteiger partial charge in [0.25, 0.3) is 0 Å². The van der Waals surface area contributed by atoms with Crippen molar-refractivity contribution >= 4 is 15.8 Å². The van der Waals surface area contributed by atoms with E-state index >= 15 is 0 Å². The number of guanidine groups is 1. The smallest absolute Gasteiger partial charge is 0.191 e. The molecule has 8 heteroatoms. The lowest BCUT2D eigenvalue weighted by atomic mass is 10.1. The quantitative estimate of drug-likeness (QED) is 0.449. The van der Waals surface area contributed by atoms with E-state index in [1.54, 1.807) is 20.8 Å². The van der Waals surface area contributed by atoms with Crippen LogP contribution in [-0.4, -0.2) is 81.3 Å². The van der Waals surface area contributed by atoms with Crippen molar-refractivity contribution < 1.29 is 13.2 Å². The number of ether oxygens (including phenoxy) is 1. The summed E-state index contributed by atoms with van der Waals surface area (Å²) in [4.78, 5) is 6.91. The molecule has 0 aromatic heterocycles. The molecule has 160 valence electrons. The van der Waals surface area contributed by atoms with Gasteiger partial charge in [-0.15, -0.1) is 0 Å². The van der Waals surface area contributed by atoms with Crippen LogP contribution in [0.1, 0.15) is 54.4 Å². The number of nitrogens with zero attached hydrogens (tertiary/aromatic N) is 2. The Morgan fingerprint density at radius 2 is 1.89 bits per heavy atom. The molecule has 27 heavy (non-hydrogen) atoms. The molecule has 1 saturated heterocycles. The Hall–Kier alpha value is -0.860. The summed E-state index contributed by atoms with van der Waals surface area (Å²) in [6.07, 6.45) is 2.38. The van der Waals surface area contributed by atoms with Crippen molar-refractivity contribution in [2.75, 3.05) is 45.1 Å². The van der Waals surface area contributed by atoms with Crippen LogP contribution >= 0.6 is 0 Å². The maximum atomic E-state index is 12.2. The van der Waals surface area contributed by atoms with Crippen LogP contribution in [0.5, 0.6) is 0 Å². The number of piperidine rings is 1. The predicted molar refractivity (Wildman–Crippen MR) is 113 cm³/mol. The van der Waals surface area contributed by atoms with Crippen LogP contribution in [0.15, 0.2) is 4.99 Å². The monoisotopic (exact) mass is 404 g/mol. The van der Waals surface area contributed by atoms with Crippen molar-refractivity contribution in [3.05, 3.63) is 0 Å². The lowest BCUT2D eigenvalue weighted by molar-refractivity contribution is 0.0532. The lowest BCUT2D eigenvalue weighted by Gasteiger charge is -2.33. The minimum Gasteiger partial charge on any atom is -0.377 e. The molecule has 1 aliphatic rings. The number of sulfone groups is 1. The fraction of sp³-hybridized carbons (Fsp3) is 0.947. The van der Waals surface area contributed by atoms with Crippen LogP contribution < -0.4 is 10.6 Å². The van der Waals surface area contributed by atoms with Gasteiger partial charge in [0.05, 0.1) is 29.8 Å². The fourth-order valence-electron chi connectivity index (χ4n) is 2.82. The van der Waals surface area contributed by atoms with E-state index in [2.05, 4.69) is 34.4 Å². The average molecular weight is 405 g/mol. The molecule has 0 aliphatic carbocycles. The highest BCUT2D eigenvalue weighted by atomic mass is 32.2. The highest BCUT2D eigenvalue weighted by Crippen LogP contribution is 2.15. The van der Waals surface area contributed by atoms with E-state index in [0.29, 0.717) is 12.0 Å². The van der Waals surface area contributed by atoms with Gasteiger partial charge in [0.15, 0.2) is 15.8 Å².